The standard InChI is InChI=1S/C15H22BrN4O4P/c1-7-17-12-9(13(23)18-7)19-15(16)20(12)14-11(22)10(21)8(24-14)5-6-25(2,3)4/h8,10-11,14,21-22H,2,5-6H2,1,3-4H3,(H,17,18,23)/t8?,10-,11-,14?/m1/s1. The highest BCUT2D eigenvalue weighted by molar-refractivity contribution is 9.10. The maximum absolute atomic E-state index is 12.1. The molecule has 2 aromatic rings. The number of halogens is 1. The lowest BCUT2D eigenvalue weighted by Gasteiger charge is -2.19. The number of aromatic nitrogens is 4. The summed E-state index contributed by atoms with van der Waals surface area (Å²) in [6.45, 7) is 4.62. The molecule has 1 aliphatic heterocycles. The van der Waals surface area contributed by atoms with Crippen LogP contribution < -0.4 is 5.56 Å². The van der Waals surface area contributed by atoms with E-state index in [9.17, 15) is 15.0 Å². The molecular formula is C15H22BrN4O4P. The SMILES string of the molecule is C=P(C)(C)CCC1OC(n2c(Br)nc3c(=O)[nH]c(C)nc32)[C@H](O)[C@@H]1O. The molecule has 2 aromatic heterocycles. The Bertz CT molecular complexity index is 905. The van der Waals surface area contributed by atoms with E-state index in [-0.39, 0.29) is 11.1 Å². The molecule has 10 heteroatoms. The Labute approximate surface area is 153 Å². The molecule has 0 radical (unpaired) electrons. The van der Waals surface area contributed by atoms with Gasteiger partial charge in [0.05, 0.1) is 6.10 Å². The number of aromatic amines is 1. The highest BCUT2D eigenvalue weighted by Gasteiger charge is 2.44. The van der Waals surface area contributed by atoms with E-state index in [0.29, 0.717) is 22.6 Å². The molecule has 2 unspecified atom stereocenters. The number of nitrogens with one attached hydrogen (secondary N) is 1. The Morgan fingerprint density at radius 1 is 1.36 bits per heavy atom. The van der Waals surface area contributed by atoms with Crippen molar-refractivity contribution in [3.05, 3.63) is 20.9 Å². The summed E-state index contributed by atoms with van der Waals surface area (Å²) in [5, 5.41) is 20.9. The molecule has 138 valence electrons. The number of hydrogen-bond donors (Lipinski definition) is 3. The Morgan fingerprint density at radius 2 is 2.04 bits per heavy atom. The van der Waals surface area contributed by atoms with Crippen LogP contribution in [0.1, 0.15) is 18.5 Å². The molecule has 0 aromatic carbocycles. The fourth-order valence-corrected chi connectivity index (χ4v) is 4.45. The largest absolute Gasteiger partial charge is 0.388 e. The second kappa shape index (κ2) is 6.63. The molecule has 8 nitrogen and oxygen atoms in total. The molecule has 0 aliphatic carbocycles. The van der Waals surface area contributed by atoms with Gasteiger partial charge in [0.2, 0.25) is 0 Å². The molecular weight excluding hydrogens is 411 g/mol. The van der Waals surface area contributed by atoms with Crippen LogP contribution >= 0.6 is 22.8 Å². The number of aryl methyl sites for hydroxylation is 1. The van der Waals surface area contributed by atoms with Gasteiger partial charge in [-0.2, -0.15) is 0 Å². The molecule has 0 amide bonds. The van der Waals surface area contributed by atoms with Crippen molar-refractivity contribution in [2.75, 3.05) is 19.5 Å². The zero-order chi connectivity index (χ0) is 18.5. The quantitative estimate of drug-likeness (QED) is 0.488. The van der Waals surface area contributed by atoms with Gasteiger partial charge in [-0.05, 0) is 48.8 Å². The van der Waals surface area contributed by atoms with Crippen LogP contribution in [0.15, 0.2) is 9.53 Å². The van der Waals surface area contributed by atoms with Crippen molar-refractivity contribution in [2.45, 2.75) is 37.9 Å². The first kappa shape index (κ1) is 18.8. The number of aliphatic hydroxyl groups excluding tert-OH is 2. The van der Waals surface area contributed by atoms with Crippen LogP contribution in [0, 0.1) is 6.92 Å². The molecule has 4 atom stereocenters. The second-order valence-electron chi connectivity index (χ2n) is 7.07. The number of imidazole rings is 1. The molecule has 0 bridgehead atoms. The van der Waals surface area contributed by atoms with E-state index in [1.807, 2.05) is 0 Å². The van der Waals surface area contributed by atoms with E-state index in [1.54, 1.807) is 6.92 Å². The third-order valence-electron chi connectivity index (χ3n) is 4.24. The van der Waals surface area contributed by atoms with E-state index in [2.05, 4.69) is 50.5 Å². The maximum atomic E-state index is 12.1. The molecule has 3 heterocycles. The first-order chi connectivity index (χ1) is 11.6. The van der Waals surface area contributed by atoms with Crippen LogP contribution in [0.25, 0.3) is 11.2 Å². The predicted octanol–water partition coefficient (Wildman–Crippen LogP) is 0.909. The average molecular weight is 433 g/mol. The van der Waals surface area contributed by atoms with E-state index in [0.717, 1.165) is 6.16 Å². The van der Waals surface area contributed by atoms with Gasteiger partial charge < -0.3 is 19.9 Å². The van der Waals surface area contributed by atoms with Gasteiger partial charge in [-0.15, -0.1) is 13.2 Å². The Morgan fingerprint density at radius 3 is 2.68 bits per heavy atom. The van der Waals surface area contributed by atoms with Gasteiger partial charge in [0.1, 0.15) is 18.0 Å². The van der Waals surface area contributed by atoms with Crippen LogP contribution in [-0.2, 0) is 4.74 Å². The minimum absolute atomic E-state index is 0.149. The molecule has 1 saturated heterocycles. The third-order valence-corrected chi connectivity index (χ3v) is 6.26. The van der Waals surface area contributed by atoms with Crippen molar-refractivity contribution in [2.24, 2.45) is 0 Å². The first-order valence-corrected chi connectivity index (χ1v) is 11.8. The summed E-state index contributed by atoms with van der Waals surface area (Å²) in [6, 6.07) is 0. The summed E-state index contributed by atoms with van der Waals surface area (Å²) < 4.78 is 7.75. The summed E-state index contributed by atoms with van der Waals surface area (Å²) in [6.07, 6.45) is 2.06. The van der Waals surface area contributed by atoms with E-state index >= 15 is 0 Å². The van der Waals surface area contributed by atoms with E-state index in [4.69, 9.17) is 4.74 Å². The molecule has 1 aliphatic rings. The maximum Gasteiger partial charge on any atom is 0.279 e. The minimum Gasteiger partial charge on any atom is -0.388 e. The Balaban J connectivity index is 1.97. The van der Waals surface area contributed by atoms with Crippen LogP contribution in [0.3, 0.4) is 0 Å². The average Bonchev–Trinajstić information content (AvgIpc) is 2.95. The molecule has 3 rings (SSSR count). The lowest BCUT2D eigenvalue weighted by molar-refractivity contribution is -0.0366. The van der Waals surface area contributed by atoms with Crippen molar-refractivity contribution in [1.29, 1.82) is 0 Å². The second-order valence-corrected chi connectivity index (χ2v) is 12.1. The van der Waals surface area contributed by atoms with Crippen molar-refractivity contribution >= 4 is 40.3 Å². The topological polar surface area (TPSA) is 113 Å². The van der Waals surface area contributed by atoms with Gasteiger partial charge in [-0.3, -0.25) is 9.36 Å². The van der Waals surface area contributed by atoms with Crippen LogP contribution in [0.5, 0.6) is 0 Å². The Hall–Kier alpha value is -0.990. The van der Waals surface area contributed by atoms with Crippen molar-refractivity contribution in [1.82, 2.24) is 19.5 Å². The highest BCUT2D eigenvalue weighted by Crippen LogP contribution is 2.40. The molecule has 0 spiro atoms. The number of nitrogens with zero attached hydrogens (tertiary/aromatic N) is 3. The van der Waals surface area contributed by atoms with E-state index < -0.39 is 31.4 Å². The normalized spacial score (nSPS) is 27.3. The third kappa shape index (κ3) is 3.61. The number of ether oxygens (including phenoxy) is 1. The van der Waals surface area contributed by atoms with Crippen molar-refractivity contribution in [3.8, 4) is 0 Å². The zero-order valence-electron chi connectivity index (χ0n) is 14.3. The Kier molecular flexibility index (Phi) is 4.98. The number of aliphatic hydroxyl groups is 2. The highest BCUT2D eigenvalue weighted by atomic mass is 79.9. The fraction of sp³-hybridized carbons (Fsp3) is 0.600. The van der Waals surface area contributed by atoms with Crippen molar-refractivity contribution in [3.63, 3.8) is 0 Å². The number of H-pyrrole nitrogens is 1. The lowest BCUT2D eigenvalue weighted by atomic mass is 10.1. The smallest absolute Gasteiger partial charge is 0.279 e. The van der Waals surface area contributed by atoms with E-state index in [1.165, 1.54) is 4.57 Å². The molecule has 25 heavy (non-hydrogen) atoms. The number of rotatable bonds is 4. The van der Waals surface area contributed by atoms with Crippen LogP contribution in [0.2, 0.25) is 0 Å². The van der Waals surface area contributed by atoms with Gasteiger partial charge in [0.15, 0.2) is 22.1 Å². The summed E-state index contributed by atoms with van der Waals surface area (Å²) in [5.74, 6) is 0.430. The zero-order valence-corrected chi connectivity index (χ0v) is 16.8. The number of fused-ring (bicyclic) bond motifs is 1. The molecule has 1 fully saturated rings. The summed E-state index contributed by atoms with van der Waals surface area (Å²) >= 11 is 3.30. The predicted molar refractivity (Wildman–Crippen MR) is 102 cm³/mol. The summed E-state index contributed by atoms with van der Waals surface area (Å²) in [4.78, 5) is 23.1. The van der Waals surface area contributed by atoms with Gasteiger partial charge >= 0.3 is 0 Å². The van der Waals surface area contributed by atoms with Gasteiger partial charge in [-0.1, -0.05) is 0 Å². The van der Waals surface area contributed by atoms with Gasteiger partial charge in [0.25, 0.3) is 5.56 Å². The monoisotopic (exact) mass is 432 g/mol. The summed E-state index contributed by atoms with van der Waals surface area (Å²) in [7, 11) is 0. The fourth-order valence-electron chi connectivity index (χ4n) is 2.95. The summed E-state index contributed by atoms with van der Waals surface area (Å²) in [5.41, 5.74) is 0.0844. The lowest BCUT2D eigenvalue weighted by Crippen LogP contribution is -2.32. The minimum atomic E-state index is -1.26. The van der Waals surface area contributed by atoms with Crippen molar-refractivity contribution < 1.29 is 14.9 Å². The molecule has 3 N–H and O–H groups in total. The van der Waals surface area contributed by atoms with Gasteiger partial charge in [-0.25, -0.2) is 9.97 Å². The molecule has 0 saturated carbocycles. The first-order valence-electron chi connectivity index (χ1n) is 7.92. The van der Waals surface area contributed by atoms with Crippen LogP contribution in [-0.4, -0.2) is 73.8 Å². The number of hydrogen-bond acceptors (Lipinski definition) is 6. The van der Waals surface area contributed by atoms with Gasteiger partial charge in [0, 0.05) is 0 Å². The van der Waals surface area contributed by atoms with Crippen LogP contribution in [0.4, 0.5) is 0 Å².